The van der Waals surface area contributed by atoms with Gasteiger partial charge in [-0.3, -0.25) is 23.2 Å². The lowest BCUT2D eigenvalue weighted by molar-refractivity contribution is -0.216. The fraction of sp³-hybridized carbons (Fsp3) is 0.702. The molecule has 1 fully saturated rings. The summed E-state index contributed by atoms with van der Waals surface area (Å²) in [5, 5.41) is 51.4. The van der Waals surface area contributed by atoms with Crippen molar-refractivity contribution < 1.29 is 82.0 Å². The summed E-state index contributed by atoms with van der Waals surface area (Å²) in [6.45, 7) is 2.83. The van der Waals surface area contributed by atoms with Crippen molar-refractivity contribution in [1.82, 2.24) is 0 Å². The Balaban J connectivity index is 2.67. The Hall–Kier alpha value is -2.60. The molecule has 0 spiro atoms. The van der Waals surface area contributed by atoms with E-state index in [1.807, 2.05) is 30.4 Å². The summed E-state index contributed by atoms with van der Waals surface area (Å²) in [6, 6.07) is 0. The van der Waals surface area contributed by atoms with E-state index in [1.165, 1.54) is 38.5 Å². The smallest absolute Gasteiger partial charge is 0.462 e. The monoisotopic (exact) mass is 978 g/mol. The van der Waals surface area contributed by atoms with Crippen LogP contribution in [0.3, 0.4) is 0 Å². The van der Waals surface area contributed by atoms with E-state index in [2.05, 4.69) is 54.8 Å². The van der Waals surface area contributed by atoms with E-state index >= 15 is 0 Å². The maximum atomic E-state index is 13.0. The number of aliphatic hydroxyl groups is 5. The highest BCUT2D eigenvalue weighted by Gasteiger charge is 2.54. The van der Waals surface area contributed by atoms with Gasteiger partial charge < -0.3 is 49.7 Å². The molecule has 17 nitrogen and oxygen atoms in total. The molecule has 0 aromatic carbocycles. The van der Waals surface area contributed by atoms with E-state index in [4.69, 9.17) is 28.3 Å². The maximum Gasteiger partial charge on any atom is 0.472 e. The zero-order valence-electron chi connectivity index (χ0n) is 39.0. The molecule has 0 bridgehead atoms. The zero-order chi connectivity index (χ0) is 49.1. The summed E-state index contributed by atoms with van der Waals surface area (Å²) in [6.07, 6.45) is 26.0. The highest BCUT2D eigenvalue weighted by atomic mass is 31.2. The number of unbranched alkanes of at least 4 members (excludes halogenated alkanes) is 11. The molecular formula is C47H80O17P2. The summed E-state index contributed by atoms with van der Waals surface area (Å²) in [7, 11) is -10.7. The van der Waals surface area contributed by atoms with Gasteiger partial charge in [0.25, 0.3) is 0 Å². The first-order valence-corrected chi connectivity index (χ1v) is 26.6. The number of hydrogen-bond donors (Lipinski definition) is 8. The lowest BCUT2D eigenvalue weighted by atomic mass is 9.85. The van der Waals surface area contributed by atoms with Crippen molar-refractivity contribution >= 4 is 27.6 Å². The van der Waals surface area contributed by atoms with Crippen molar-refractivity contribution in [2.45, 2.75) is 198 Å². The first kappa shape index (κ1) is 61.4. The quantitative estimate of drug-likeness (QED) is 0.00963. The van der Waals surface area contributed by atoms with Gasteiger partial charge in [0.15, 0.2) is 6.10 Å². The molecule has 1 aliphatic rings. The van der Waals surface area contributed by atoms with Crippen LogP contribution in [-0.4, -0.2) is 114 Å². The number of hydrogen-bond acceptors (Lipinski definition) is 14. The molecule has 1 rings (SSSR count). The molecule has 0 amide bonds. The van der Waals surface area contributed by atoms with Crippen LogP contribution in [0.15, 0.2) is 72.9 Å². The number of carbonyl (C=O) groups is 2. The Kier molecular flexibility index (Phi) is 34.7. The predicted octanol–water partition coefficient (Wildman–Crippen LogP) is 7.81. The van der Waals surface area contributed by atoms with Gasteiger partial charge in [-0.2, -0.15) is 0 Å². The SMILES string of the molecule is CC/C=C/C/C=C/C=C/C(O)CCCCCCCC(=O)O[C@H](COC(=O)CCC/C=C\C/C=C\C/C=C\CCCCCCCC)COP(=O)(O)O[C@H]1C(O)C(O)C(O)[C@@H](OP(=O)(O)O)C1O. The molecule has 0 aliphatic heterocycles. The maximum absolute atomic E-state index is 13.0. The Morgan fingerprint density at radius 3 is 1.77 bits per heavy atom. The standard InChI is InChI=1S/C47H80O17P2/c1-3-5-7-9-11-12-13-14-15-16-17-18-19-20-22-26-30-34-40(49)60-36-39(62-41(50)35-31-27-23-25-29-33-38(48)32-28-24-21-10-8-6-4-2)37-61-66(58,59)64-47-44(53)42(51)43(52)46(45(47)54)63-65(55,56)57/h6,8,14-15,17-18,20-22,24,28,32,38-39,42-48,51-54H,3-5,7,9-13,16,19,23,25-27,29-31,33-37H2,1-2H3,(H,58,59)(H2,55,56,57)/b8-6+,15-14-,18-17-,22-20-,24-21+,32-28+/t38?,39-,42?,43?,44?,45?,46-,47+/m1/s1. The number of ether oxygens (including phenoxy) is 2. The van der Waals surface area contributed by atoms with E-state index in [9.17, 15) is 49.1 Å². The largest absolute Gasteiger partial charge is 0.472 e. The molecule has 1 saturated carbocycles. The Bertz CT molecular complexity index is 1570. The molecule has 8 N–H and O–H groups in total. The second-order valence-electron chi connectivity index (χ2n) is 16.3. The van der Waals surface area contributed by atoms with Crippen LogP contribution >= 0.6 is 15.6 Å². The third-order valence-electron chi connectivity index (χ3n) is 10.4. The van der Waals surface area contributed by atoms with Gasteiger partial charge in [-0.15, -0.1) is 0 Å². The van der Waals surface area contributed by atoms with E-state index in [0.29, 0.717) is 32.1 Å². The van der Waals surface area contributed by atoms with Crippen molar-refractivity contribution in [3.05, 3.63) is 72.9 Å². The highest BCUT2D eigenvalue weighted by molar-refractivity contribution is 7.47. The van der Waals surface area contributed by atoms with Crippen molar-refractivity contribution in [2.24, 2.45) is 0 Å². The first-order valence-electron chi connectivity index (χ1n) is 23.6. The second-order valence-corrected chi connectivity index (χ2v) is 18.9. The zero-order valence-corrected chi connectivity index (χ0v) is 40.7. The summed E-state index contributed by atoms with van der Waals surface area (Å²) >= 11 is 0. The van der Waals surface area contributed by atoms with Crippen molar-refractivity contribution in [1.29, 1.82) is 0 Å². The van der Waals surface area contributed by atoms with Gasteiger partial charge in [0, 0.05) is 12.8 Å². The van der Waals surface area contributed by atoms with Crippen LogP contribution in [0.2, 0.25) is 0 Å². The van der Waals surface area contributed by atoms with Crippen LogP contribution in [0.1, 0.15) is 149 Å². The Labute approximate surface area is 392 Å². The van der Waals surface area contributed by atoms with Gasteiger partial charge in [-0.1, -0.05) is 145 Å². The fourth-order valence-electron chi connectivity index (χ4n) is 6.70. The fourth-order valence-corrected chi connectivity index (χ4v) is 8.23. The molecule has 66 heavy (non-hydrogen) atoms. The molecule has 0 aromatic rings. The van der Waals surface area contributed by atoms with E-state index in [1.54, 1.807) is 6.08 Å². The normalized spacial score (nSPS) is 22.6. The van der Waals surface area contributed by atoms with Gasteiger partial charge in [-0.25, -0.2) is 9.13 Å². The highest BCUT2D eigenvalue weighted by Crippen LogP contribution is 2.49. The molecule has 0 saturated heterocycles. The molecule has 6 unspecified atom stereocenters. The number of rotatable bonds is 38. The van der Waals surface area contributed by atoms with Crippen LogP contribution in [0.4, 0.5) is 0 Å². The van der Waals surface area contributed by atoms with Crippen LogP contribution in [-0.2, 0) is 41.8 Å². The number of allylic oxidation sites excluding steroid dienone is 11. The van der Waals surface area contributed by atoms with Gasteiger partial charge in [0.2, 0.25) is 0 Å². The van der Waals surface area contributed by atoms with Crippen molar-refractivity contribution in [3.63, 3.8) is 0 Å². The number of carbonyl (C=O) groups excluding carboxylic acids is 2. The Morgan fingerprint density at radius 2 is 1.12 bits per heavy atom. The molecule has 9 atom stereocenters. The van der Waals surface area contributed by atoms with Crippen molar-refractivity contribution in [2.75, 3.05) is 13.2 Å². The summed E-state index contributed by atoms with van der Waals surface area (Å²) in [4.78, 5) is 54.2. The minimum absolute atomic E-state index is 0.0253. The first-order chi connectivity index (χ1) is 31.5. The number of phosphoric ester groups is 2. The molecule has 0 heterocycles. The molecular weight excluding hydrogens is 898 g/mol. The topological polar surface area (TPSA) is 276 Å². The molecule has 380 valence electrons. The number of aliphatic hydroxyl groups excluding tert-OH is 5. The summed E-state index contributed by atoms with van der Waals surface area (Å²) in [5.41, 5.74) is 0. The van der Waals surface area contributed by atoms with Gasteiger partial charge in [-0.05, 0) is 64.2 Å². The van der Waals surface area contributed by atoms with Crippen LogP contribution in [0.5, 0.6) is 0 Å². The average molecular weight is 979 g/mol. The third-order valence-corrected chi connectivity index (χ3v) is 11.9. The van der Waals surface area contributed by atoms with Crippen LogP contribution < -0.4 is 0 Å². The van der Waals surface area contributed by atoms with E-state index in [-0.39, 0.29) is 12.8 Å². The predicted molar refractivity (Wildman–Crippen MR) is 252 cm³/mol. The van der Waals surface area contributed by atoms with Gasteiger partial charge >= 0.3 is 27.6 Å². The molecule has 0 aromatic heterocycles. The van der Waals surface area contributed by atoms with Crippen LogP contribution in [0.25, 0.3) is 0 Å². The second kappa shape index (κ2) is 37.3. The third kappa shape index (κ3) is 31.4. The van der Waals surface area contributed by atoms with E-state index < -0.39 is 89.6 Å². The lowest BCUT2D eigenvalue weighted by Gasteiger charge is -2.43. The van der Waals surface area contributed by atoms with Crippen LogP contribution in [0, 0.1) is 0 Å². The molecule has 19 heteroatoms. The molecule has 0 radical (unpaired) electrons. The minimum atomic E-state index is -5.38. The lowest BCUT2D eigenvalue weighted by Crippen LogP contribution is -2.64. The number of phosphoric acid groups is 2. The van der Waals surface area contributed by atoms with E-state index in [0.717, 1.165) is 51.4 Å². The van der Waals surface area contributed by atoms with Crippen molar-refractivity contribution in [3.8, 4) is 0 Å². The Morgan fingerprint density at radius 1 is 0.576 bits per heavy atom. The average Bonchev–Trinajstić information content (AvgIpc) is 3.27. The van der Waals surface area contributed by atoms with Gasteiger partial charge in [0.1, 0.15) is 43.2 Å². The minimum Gasteiger partial charge on any atom is -0.462 e. The number of esters is 2. The molecule has 1 aliphatic carbocycles. The summed E-state index contributed by atoms with van der Waals surface area (Å²) in [5.74, 6) is -1.35. The van der Waals surface area contributed by atoms with Gasteiger partial charge in [0.05, 0.1) is 12.7 Å². The summed E-state index contributed by atoms with van der Waals surface area (Å²) < 4.78 is 49.2.